The highest BCUT2D eigenvalue weighted by Gasteiger charge is 2.33. The van der Waals surface area contributed by atoms with E-state index in [-0.39, 0.29) is 11.7 Å². The molecule has 5 nitrogen and oxygen atoms in total. The Hall–Kier alpha value is -1.25. The van der Waals surface area contributed by atoms with Gasteiger partial charge in [-0.3, -0.25) is 0 Å². The number of likely N-dealkylation sites (tertiary alicyclic amines) is 1. The summed E-state index contributed by atoms with van der Waals surface area (Å²) >= 11 is 0. The third kappa shape index (κ3) is 3.17. The van der Waals surface area contributed by atoms with E-state index in [2.05, 4.69) is 4.90 Å². The third-order valence-corrected chi connectivity index (χ3v) is 5.79. The van der Waals surface area contributed by atoms with E-state index in [1.54, 1.807) is 0 Å². The van der Waals surface area contributed by atoms with Crippen LogP contribution < -0.4 is 5.73 Å². The maximum Gasteiger partial charge on any atom is 0.246 e. The Labute approximate surface area is 123 Å². The molecule has 1 heterocycles. The summed E-state index contributed by atoms with van der Waals surface area (Å²) < 4.78 is 53.3. The number of piperidine rings is 1. The van der Waals surface area contributed by atoms with Crippen molar-refractivity contribution in [2.45, 2.75) is 23.8 Å². The maximum atomic E-state index is 13.8. The van der Waals surface area contributed by atoms with Gasteiger partial charge < -0.3 is 10.6 Å². The Morgan fingerprint density at radius 1 is 1.29 bits per heavy atom. The van der Waals surface area contributed by atoms with Crippen LogP contribution in [0.15, 0.2) is 17.0 Å². The molecule has 1 saturated heterocycles. The SMILES string of the molecule is CN1CCC(N(C)S(=O)(=O)c2cc(N)cc(F)c2F)CC1. The van der Waals surface area contributed by atoms with Crippen molar-refractivity contribution < 1.29 is 17.2 Å². The van der Waals surface area contributed by atoms with Crippen molar-refractivity contribution in [3.8, 4) is 0 Å². The summed E-state index contributed by atoms with van der Waals surface area (Å²) in [4.78, 5) is 1.39. The number of nitrogens with two attached hydrogens (primary N) is 1. The van der Waals surface area contributed by atoms with Crippen LogP contribution >= 0.6 is 0 Å². The average molecular weight is 319 g/mol. The highest BCUT2D eigenvalue weighted by Crippen LogP contribution is 2.27. The molecule has 0 radical (unpaired) electrons. The number of rotatable bonds is 3. The van der Waals surface area contributed by atoms with Gasteiger partial charge in [-0.25, -0.2) is 17.2 Å². The first-order valence-electron chi connectivity index (χ1n) is 6.64. The molecule has 2 rings (SSSR count). The summed E-state index contributed by atoms with van der Waals surface area (Å²) in [5.41, 5.74) is 5.30. The Morgan fingerprint density at radius 3 is 2.43 bits per heavy atom. The highest BCUT2D eigenvalue weighted by molar-refractivity contribution is 7.89. The van der Waals surface area contributed by atoms with Crippen LogP contribution in [0.3, 0.4) is 0 Å². The second kappa shape index (κ2) is 5.86. The number of nitrogens with zero attached hydrogens (tertiary/aromatic N) is 2. The zero-order valence-electron chi connectivity index (χ0n) is 12.0. The fourth-order valence-corrected chi connectivity index (χ4v) is 4.00. The smallest absolute Gasteiger partial charge is 0.246 e. The van der Waals surface area contributed by atoms with Crippen molar-refractivity contribution in [2.75, 3.05) is 32.9 Å². The number of hydrogen-bond donors (Lipinski definition) is 1. The van der Waals surface area contributed by atoms with E-state index < -0.39 is 26.6 Å². The Kier molecular flexibility index (Phi) is 4.50. The molecule has 2 N–H and O–H groups in total. The molecule has 0 atom stereocenters. The molecule has 0 amide bonds. The third-order valence-electron chi connectivity index (χ3n) is 3.88. The van der Waals surface area contributed by atoms with Gasteiger partial charge in [-0.15, -0.1) is 0 Å². The zero-order valence-corrected chi connectivity index (χ0v) is 12.8. The molecule has 118 valence electrons. The minimum Gasteiger partial charge on any atom is -0.399 e. The molecule has 0 spiro atoms. The predicted molar refractivity (Wildman–Crippen MR) is 76.2 cm³/mol. The summed E-state index contributed by atoms with van der Waals surface area (Å²) in [6.45, 7) is 1.52. The summed E-state index contributed by atoms with van der Waals surface area (Å²) in [5, 5.41) is 0. The molecule has 0 saturated carbocycles. The summed E-state index contributed by atoms with van der Waals surface area (Å²) in [5.74, 6) is -2.64. The van der Waals surface area contributed by atoms with Crippen LogP contribution in [0.25, 0.3) is 0 Å². The van der Waals surface area contributed by atoms with Gasteiger partial charge in [-0.2, -0.15) is 4.31 Å². The first-order valence-corrected chi connectivity index (χ1v) is 8.08. The summed E-state index contributed by atoms with van der Waals surface area (Å²) in [7, 11) is -0.761. The lowest BCUT2D eigenvalue weighted by molar-refractivity contribution is 0.197. The average Bonchev–Trinajstić information content (AvgIpc) is 2.42. The van der Waals surface area contributed by atoms with Crippen molar-refractivity contribution in [3.63, 3.8) is 0 Å². The normalized spacial score (nSPS) is 18.3. The van der Waals surface area contributed by atoms with Crippen LogP contribution in [-0.4, -0.2) is 50.8 Å². The molecule has 0 bridgehead atoms. The van der Waals surface area contributed by atoms with Gasteiger partial charge in [0.15, 0.2) is 11.6 Å². The van der Waals surface area contributed by atoms with Crippen LogP contribution in [0.5, 0.6) is 0 Å². The van der Waals surface area contributed by atoms with Gasteiger partial charge in [0.1, 0.15) is 4.90 Å². The lowest BCUT2D eigenvalue weighted by Gasteiger charge is -2.34. The molecule has 1 fully saturated rings. The molecule has 1 aromatic carbocycles. The molecule has 0 aromatic heterocycles. The second-order valence-corrected chi connectivity index (χ2v) is 7.34. The van der Waals surface area contributed by atoms with Gasteiger partial charge in [0.05, 0.1) is 0 Å². The number of anilines is 1. The number of hydrogen-bond acceptors (Lipinski definition) is 4. The second-order valence-electron chi connectivity index (χ2n) is 5.37. The van der Waals surface area contributed by atoms with Gasteiger partial charge in [0.2, 0.25) is 10.0 Å². The van der Waals surface area contributed by atoms with E-state index in [9.17, 15) is 17.2 Å². The summed E-state index contributed by atoms with van der Waals surface area (Å²) in [6.07, 6.45) is 1.30. The van der Waals surface area contributed by atoms with E-state index in [4.69, 9.17) is 5.73 Å². The lowest BCUT2D eigenvalue weighted by Crippen LogP contribution is -2.44. The van der Waals surface area contributed by atoms with Crippen LogP contribution in [0.4, 0.5) is 14.5 Å². The topological polar surface area (TPSA) is 66.6 Å². The molecular weight excluding hydrogens is 300 g/mol. The first kappa shape index (κ1) is 16.1. The van der Waals surface area contributed by atoms with Crippen LogP contribution in [0.2, 0.25) is 0 Å². The molecule has 1 aliphatic heterocycles. The predicted octanol–water partition coefficient (Wildman–Crippen LogP) is 1.26. The van der Waals surface area contributed by atoms with E-state index >= 15 is 0 Å². The fraction of sp³-hybridized carbons (Fsp3) is 0.538. The summed E-state index contributed by atoms with van der Waals surface area (Å²) in [6, 6.07) is 1.50. The number of nitrogen functional groups attached to an aromatic ring is 1. The lowest BCUT2D eigenvalue weighted by atomic mass is 10.1. The van der Waals surface area contributed by atoms with E-state index in [1.165, 1.54) is 7.05 Å². The van der Waals surface area contributed by atoms with Gasteiger partial charge >= 0.3 is 0 Å². The highest BCUT2D eigenvalue weighted by atomic mass is 32.2. The Bertz CT molecular complexity index is 629. The van der Waals surface area contributed by atoms with Crippen LogP contribution in [0, 0.1) is 11.6 Å². The van der Waals surface area contributed by atoms with Crippen molar-refractivity contribution >= 4 is 15.7 Å². The molecule has 21 heavy (non-hydrogen) atoms. The van der Waals surface area contributed by atoms with Gasteiger partial charge in [-0.05, 0) is 45.1 Å². The van der Waals surface area contributed by atoms with E-state index in [1.807, 2.05) is 7.05 Å². The molecular formula is C13H19F2N3O2S. The van der Waals surface area contributed by atoms with E-state index in [0.717, 1.165) is 29.5 Å². The van der Waals surface area contributed by atoms with E-state index in [0.29, 0.717) is 12.8 Å². The number of benzene rings is 1. The van der Waals surface area contributed by atoms with Crippen LogP contribution in [-0.2, 0) is 10.0 Å². The van der Waals surface area contributed by atoms with Crippen molar-refractivity contribution in [3.05, 3.63) is 23.8 Å². The van der Waals surface area contributed by atoms with Crippen LogP contribution in [0.1, 0.15) is 12.8 Å². The molecule has 1 aromatic rings. The zero-order chi connectivity index (χ0) is 15.8. The number of halogens is 2. The maximum absolute atomic E-state index is 13.8. The molecule has 8 heteroatoms. The van der Waals surface area contributed by atoms with Gasteiger partial charge in [0, 0.05) is 18.8 Å². The largest absolute Gasteiger partial charge is 0.399 e. The van der Waals surface area contributed by atoms with Crippen molar-refractivity contribution in [1.82, 2.24) is 9.21 Å². The van der Waals surface area contributed by atoms with Gasteiger partial charge in [-0.1, -0.05) is 0 Å². The van der Waals surface area contributed by atoms with Gasteiger partial charge in [0.25, 0.3) is 0 Å². The fourth-order valence-electron chi connectivity index (χ4n) is 2.48. The quantitative estimate of drug-likeness (QED) is 0.852. The van der Waals surface area contributed by atoms with Crippen molar-refractivity contribution in [1.29, 1.82) is 0 Å². The standard InChI is InChI=1S/C13H19F2N3O2S/c1-17-5-3-10(4-6-17)18(2)21(19,20)12-8-9(16)7-11(14)13(12)15/h7-8,10H,3-6,16H2,1-2H3. The minimum atomic E-state index is -4.11. The molecule has 0 aliphatic carbocycles. The Morgan fingerprint density at radius 2 is 1.86 bits per heavy atom. The molecule has 1 aliphatic rings. The minimum absolute atomic E-state index is 0.121. The Balaban J connectivity index is 2.34. The first-order chi connectivity index (χ1) is 9.73. The number of sulfonamides is 1. The molecule has 0 unspecified atom stereocenters. The van der Waals surface area contributed by atoms with Crippen molar-refractivity contribution in [2.24, 2.45) is 0 Å². The monoisotopic (exact) mass is 319 g/mol.